The fraction of sp³-hybridized carbons (Fsp3) is 0.400. The van der Waals surface area contributed by atoms with Crippen LogP contribution in [0.1, 0.15) is 31.4 Å². The molecular formula is C20H25N5O2. The van der Waals surface area contributed by atoms with E-state index in [2.05, 4.69) is 16.7 Å². The Morgan fingerprint density at radius 3 is 2.48 bits per heavy atom. The van der Waals surface area contributed by atoms with Gasteiger partial charge in [-0.1, -0.05) is 18.7 Å². The molecule has 2 heterocycles. The topological polar surface area (TPSA) is 71.3 Å². The molecule has 1 aliphatic heterocycles. The lowest BCUT2D eigenvalue weighted by atomic mass is 9.94. The predicted octanol–water partition coefficient (Wildman–Crippen LogP) is 2.21. The van der Waals surface area contributed by atoms with Crippen LogP contribution in [0.4, 0.5) is 0 Å². The van der Waals surface area contributed by atoms with Crippen LogP contribution in [0.5, 0.6) is 0 Å². The molecule has 1 atom stereocenters. The number of carbonyl (C=O) groups is 2. The number of piperidine rings is 1. The maximum Gasteiger partial charge on any atom is 0.245 e. The second-order valence-electron chi connectivity index (χ2n) is 6.86. The normalized spacial score (nSPS) is 16.0. The van der Waals surface area contributed by atoms with E-state index >= 15 is 0 Å². The molecule has 3 rings (SSSR count). The zero-order valence-electron chi connectivity index (χ0n) is 15.8. The molecule has 27 heavy (non-hydrogen) atoms. The van der Waals surface area contributed by atoms with Gasteiger partial charge in [-0.05, 0) is 43.5 Å². The van der Waals surface area contributed by atoms with Crippen molar-refractivity contribution in [1.29, 1.82) is 0 Å². The van der Waals surface area contributed by atoms with E-state index in [9.17, 15) is 9.59 Å². The summed E-state index contributed by atoms with van der Waals surface area (Å²) < 4.78 is 1.70. The molecule has 0 N–H and O–H groups in total. The van der Waals surface area contributed by atoms with Gasteiger partial charge in [-0.3, -0.25) is 9.59 Å². The van der Waals surface area contributed by atoms with Crippen LogP contribution in [-0.4, -0.2) is 56.5 Å². The van der Waals surface area contributed by atoms with Crippen molar-refractivity contribution in [2.75, 3.05) is 20.1 Å². The van der Waals surface area contributed by atoms with Crippen LogP contribution < -0.4 is 0 Å². The van der Waals surface area contributed by atoms with E-state index in [1.807, 2.05) is 38.2 Å². The first-order valence-corrected chi connectivity index (χ1v) is 9.14. The molecule has 1 aromatic heterocycles. The Bertz CT molecular complexity index is 792. The quantitative estimate of drug-likeness (QED) is 0.760. The van der Waals surface area contributed by atoms with Gasteiger partial charge in [0.05, 0.1) is 11.7 Å². The summed E-state index contributed by atoms with van der Waals surface area (Å²) in [5.74, 6) is 0.0318. The Hall–Kier alpha value is -2.96. The minimum Gasteiger partial charge on any atom is -0.339 e. The van der Waals surface area contributed by atoms with Crippen LogP contribution >= 0.6 is 0 Å². The van der Waals surface area contributed by atoms with Crippen molar-refractivity contribution >= 4 is 11.8 Å². The van der Waals surface area contributed by atoms with E-state index in [0.29, 0.717) is 25.9 Å². The van der Waals surface area contributed by atoms with Crippen molar-refractivity contribution in [2.24, 2.45) is 5.92 Å². The highest BCUT2D eigenvalue weighted by Gasteiger charge is 2.30. The summed E-state index contributed by atoms with van der Waals surface area (Å²) in [6.07, 6.45) is 5.87. The van der Waals surface area contributed by atoms with Crippen LogP contribution in [0, 0.1) is 5.92 Å². The molecular weight excluding hydrogens is 342 g/mol. The second kappa shape index (κ2) is 8.16. The predicted molar refractivity (Wildman–Crippen MR) is 102 cm³/mol. The molecule has 2 aromatic rings. The average molecular weight is 367 g/mol. The van der Waals surface area contributed by atoms with Gasteiger partial charge in [0.2, 0.25) is 11.8 Å². The number of rotatable bonds is 5. The summed E-state index contributed by atoms with van der Waals surface area (Å²) in [5, 5.41) is 4.12. The maximum atomic E-state index is 12.9. The largest absolute Gasteiger partial charge is 0.339 e. The zero-order valence-corrected chi connectivity index (χ0v) is 15.8. The molecule has 7 nitrogen and oxygen atoms in total. The van der Waals surface area contributed by atoms with E-state index in [1.165, 1.54) is 12.4 Å². The molecule has 1 aliphatic rings. The Kier molecular flexibility index (Phi) is 5.69. The van der Waals surface area contributed by atoms with Crippen LogP contribution in [0.3, 0.4) is 0 Å². The molecule has 0 radical (unpaired) electrons. The molecule has 7 heteroatoms. The Morgan fingerprint density at radius 2 is 1.93 bits per heavy atom. The van der Waals surface area contributed by atoms with E-state index in [-0.39, 0.29) is 23.8 Å². The summed E-state index contributed by atoms with van der Waals surface area (Å²) in [5.41, 5.74) is 1.99. The first-order chi connectivity index (χ1) is 13.0. The molecule has 1 saturated heterocycles. The number of likely N-dealkylation sites (tertiary alicyclic amines) is 1. The number of amides is 2. The molecule has 1 aromatic carbocycles. The summed E-state index contributed by atoms with van der Waals surface area (Å²) in [7, 11) is 1.85. The second-order valence-corrected chi connectivity index (χ2v) is 6.86. The monoisotopic (exact) mass is 367 g/mol. The molecule has 0 aliphatic carbocycles. The van der Waals surface area contributed by atoms with Crippen molar-refractivity contribution in [3.8, 4) is 5.69 Å². The lowest BCUT2D eigenvalue weighted by Gasteiger charge is -2.34. The lowest BCUT2D eigenvalue weighted by Crippen LogP contribution is -2.43. The number of hydrogen-bond acceptors (Lipinski definition) is 4. The third-order valence-corrected chi connectivity index (χ3v) is 5.32. The Morgan fingerprint density at radius 1 is 1.26 bits per heavy atom. The van der Waals surface area contributed by atoms with Crippen molar-refractivity contribution < 1.29 is 9.59 Å². The molecule has 0 bridgehead atoms. The Labute approximate surface area is 159 Å². The maximum absolute atomic E-state index is 12.9. The van der Waals surface area contributed by atoms with Crippen LogP contribution in [0.15, 0.2) is 49.6 Å². The molecule has 142 valence electrons. The number of carbonyl (C=O) groups excluding carboxylic acids is 2. The number of benzene rings is 1. The van der Waals surface area contributed by atoms with Gasteiger partial charge in [-0.25, -0.2) is 9.67 Å². The summed E-state index contributed by atoms with van der Waals surface area (Å²) >= 11 is 0. The average Bonchev–Trinajstić information content (AvgIpc) is 3.26. The number of aromatic nitrogens is 3. The van der Waals surface area contributed by atoms with Gasteiger partial charge < -0.3 is 9.80 Å². The fourth-order valence-corrected chi connectivity index (χ4v) is 3.43. The van der Waals surface area contributed by atoms with Gasteiger partial charge in [-0.2, -0.15) is 5.10 Å². The van der Waals surface area contributed by atoms with Crippen molar-refractivity contribution in [3.05, 3.63) is 55.1 Å². The van der Waals surface area contributed by atoms with Gasteiger partial charge in [0.25, 0.3) is 0 Å². The molecule has 0 spiro atoms. The zero-order chi connectivity index (χ0) is 19.4. The third kappa shape index (κ3) is 4.07. The Balaban J connectivity index is 1.61. The number of hydrogen-bond donors (Lipinski definition) is 0. The minimum absolute atomic E-state index is 0.0323. The van der Waals surface area contributed by atoms with Crippen molar-refractivity contribution in [1.82, 2.24) is 24.6 Å². The highest BCUT2D eigenvalue weighted by atomic mass is 16.2. The van der Waals surface area contributed by atoms with Crippen LogP contribution in [0.25, 0.3) is 5.69 Å². The highest BCUT2D eigenvalue weighted by molar-refractivity contribution is 5.87. The van der Waals surface area contributed by atoms with Crippen molar-refractivity contribution in [3.63, 3.8) is 0 Å². The summed E-state index contributed by atoms with van der Waals surface area (Å²) in [6.45, 7) is 6.76. The molecule has 0 saturated carbocycles. The standard InChI is InChI=1S/C20H25N5O2/c1-4-19(26)24-11-9-17(10-12-24)20(27)23(3)15(2)16-5-7-18(8-6-16)25-14-21-13-22-25/h4-8,13-15,17H,1,9-12H2,2-3H3/t15-/m1/s1. The van der Waals surface area contributed by atoms with Gasteiger partial charge >= 0.3 is 0 Å². The van der Waals surface area contributed by atoms with Crippen LogP contribution in [0.2, 0.25) is 0 Å². The minimum atomic E-state index is -0.0601. The lowest BCUT2D eigenvalue weighted by molar-refractivity contribution is -0.139. The van der Waals surface area contributed by atoms with Crippen LogP contribution in [-0.2, 0) is 9.59 Å². The summed E-state index contributed by atoms with van der Waals surface area (Å²) in [4.78, 5) is 32.1. The third-order valence-electron chi connectivity index (χ3n) is 5.32. The molecule has 1 fully saturated rings. The molecule has 2 amide bonds. The van der Waals surface area contributed by atoms with Gasteiger partial charge in [0.1, 0.15) is 12.7 Å². The highest BCUT2D eigenvalue weighted by Crippen LogP contribution is 2.25. The van der Waals surface area contributed by atoms with E-state index in [4.69, 9.17) is 0 Å². The van der Waals surface area contributed by atoms with Crippen molar-refractivity contribution in [2.45, 2.75) is 25.8 Å². The van der Waals surface area contributed by atoms with Gasteiger partial charge in [-0.15, -0.1) is 0 Å². The number of nitrogens with zero attached hydrogens (tertiary/aromatic N) is 5. The SMILES string of the molecule is C=CC(=O)N1CCC(C(=O)N(C)[C@H](C)c2ccc(-n3cncn3)cc2)CC1. The van der Waals surface area contributed by atoms with E-state index < -0.39 is 0 Å². The van der Waals surface area contributed by atoms with Gasteiger partial charge in [0.15, 0.2) is 0 Å². The van der Waals surface area contributed by atoms with E-state index in [1.54, 1.807) is 20.8 Å². The first kappa shape index (κ1) is 18.8. The molecule has 0 unspecified atom stereocenters. The smallest absolute Gasteiger partial charge is 0.245 e. The van der Waals surface area contributed by atoms with Gasteiger partial charge in [0, 0.05) is 26.1 Å². The first-order valence-electron chi connectivity index (χ1n) is 9.14. The van der Waals surface area contributed by atoms with E-state index in [0.717, 1.165) is 11.3 Å². The summed E-state index contributed by atoms with van der Waals surface area (Å²) in [6, 6.07) is 7.93. The fourth-order valence-electron chi connectivity index (χ4n) is 3.43.